The predicted octanol–water partition coefficient (Wildman–Crippen LogP) is 5.43. The van der Waals surface area contributed by atoms with Crippen LogP contribution in [0.1, 0.15) is 0 Å². The second kappa shape index (κ2) is 8.96. The van der Waals surface area contributed by atoms with E-state index in [9.17, 15) is 17.2 Å². The number of halogens is 3. The van der Waals surface area contributed by atoms with Crippen molar-refractivity contribution in [1.29, 1.82) is 0 Å². The fourth-order valence-electron chi connectivity index (χ4n) is 3.32. The van der Waals surface area contributed by atoms with Gasteiger partial charge < -0.3 is 14.5 Å². The Bertz CT molecular complexity index is 1670. The summed E-state index contributed by atoms with van der Waals surface area (Å²) in [6, 6.07) is 11.9. The molecule has 2 aromatic carbocycles. The number of benzene rings is 2. The summed E-state index contributed by atoms with van der Waals surface area (Å²) in [5.74, 6) is -4.74. The second-order valence-corrected chi connectivity index (χ2v) is 9.54. The van der Waals surface area contributed by atoms with Gasteiger partial charge in [0.05, 0.1) is 11.7 Å². The molecule has 0 unspecified atom stereocenters. The number of pyridine rings is 2. The van der Waals surface area contributed by atoms with Crippen LogP contribution in [0.5, 0.6) is 23.0 Å². The van der Waals surface area contributed by atoms with Gasteiger partial charge in [0.2, 0.25) is 5.82 Å². The maximum atomic E-state index is 15.6. The number of aromatic amines is 1. The minimum atomic E-state index is -3.55. The first-order chi connectivity index (χ1) is 17.2. The monoisotopic (exact) mass is 512 g/mol. The molecular weight excluding hydrogens is 497 g/mol. The van der Waals surface area contributed by atoms with Gasteiger partial charge in [0, 0.05) is 18.5 Å². The van der Waals surface area contributed by atoms with Crippen LogP contribution in [0.25, 0.3) is 22.6 Å². The smallest absolute Gasteiger partial charge is 0.210 e. The van der Waals surface area contributed by atoms with Crippen LogP contribution in [0.15, 0.2) is 72.0 Å². The minimum absolute atomic E-state index is 0.00753. The Balaban J connectivity index is 1.64. The normalized spacial score (nSPS) is 11.6. The lowest BCUT2D eigenvalue weighted by atomic mass is 10.2. The molecule has 0 radical (unpaired) electrons. The van der Waals surface area contributed by atoms with Gasteiger partial charge in [-0.15, -0.1) is 0 Å². The summed E-state index contributed by atoms with van der Waals surface area (Å²) in [5.41, 5.74) is 0.591. The highest BCUT2D eigenvalue weighted by Gasteiger charge is 2.24. The predicted molar refractivity (Wildman–Crippen MR) is 123 cm³/mol. The van der Waals surface area contributed by atoms with Gasteiger partial charge in [0.25, 0.3) is 0 Å². The zero-order valence-corrected chi connectivity index (χ0v) is 19.2. The molecule has 3 heterocycles. The average Bonchev–Trinajstić information content (AvgIpc) is 3.27. The van der Waals surface area contributed by atoms with E-state index in [1.807, 2.05) is 0 Å². The standard InChI is InChI=1S/C24H15F3N4O4S/c1-36(32,33)19-9-8-13(12-29-19)34-18-11-17-21(31-24(30-17)16-7-2-3-10-28-16)23(20(18)27)35-22-14(25)5-4-6-15(22)26/h2-12H,1H3,(H,30,31). The van der Waals surface area contributed by atoms with Gasteiger partial charge in [-0.25, -0.2) is 27.2 Å². The molecule has 0 aliphatic heterocycles. The summed E-state index contributed by atoms with van der Waals surface area (Å²) in [6.45, 7) is 0. The van der Waals surface area contributed by atoms with Crippen LogP contribution in [-0.4, -0.2) is 34.6 Å². The highest BCUT2D eigenvalue weighted by atomic mass is 32.2. The van der Waals surface area contributed by atoms with Gasteiger partial charge in [-0.05, 0) is 36.4 Å². The Kier molecular flexibility index (Phi) is 5.80. The van der Waals surface area contributed by atoms with E-state index in [4.69, 9.17) is 9.47 Å². The molecule has 0 aliphatic rings. The van der Waals surface area contributed by atoms with Crippen LogP contribution in [0.3, 0.4) is 0 Å². The van der Waals surface area contributed by atoms with Gasteiger partial charge in [-0.3, -0.25) is 4.98 Å². The van der Waals surface area contributed by atoms with Gasteiger partial charge in [0.1, 0.15) is 17.0 Å². The van der Waals surface area contributed by atoms with Crippen molar-refractivity contribution in [2.45, 2.75) is 5.03 Å². The topological polar surface area (TPSA) is 107 Å². The van der Waals surface area contributed by atoms with E-state index in [1.165, 1.54) is 24.4 Å². The molecule has 0 bridgehead atoms. The molecule has 12 heteroatoms. The molecule has 0 atom stereocenters. The summed E-state index contributed by atoms with van der Waals surface area (Å²) in [5, 5.41) is -0.196. The Morgan fingerprint density at radius 1 is 0.889 bits per heavy atom. The average molecular weight is 512 g/mol. The van der Waals surface area contributed by atoms with E-state index >= 15 is 4.39 Å². The third kappa shape index (κ3) is 4.45. The summed E-state index contributed by atoms with van der Waals surface area (Å²) in [4.78, 5) is 15.3. The number of nitrogens with zero attached hydrogens (tertiary/aromatic N) is 3. The highest BCUT2D eigenvalue weighted by molar-refractivity contribution is 7.90. The molecule has 0 saturated carbocycles. The molecule has 0 amide bonds. The second-order valence-electron chi connectivity index (χ2n) is 7.57. The quantitative estimate of drug-likeness (QED) is 0.324. The van der Waals surface area contributed by atoms with Crippen molar-refractivity contribution in [1.82, 2.24) is 19.9 Å². The molecule has 0 saturated heterocycles. The number of fused-ring (bicyclic) bond motifs is 1. The van der Waals surface area contributed by atoms with Crippen molar-refractivity contribution in [2.75, 3.05) is 6.26 Å². The van der Waals surface area contributed by atoms with Crippen LogP contribution in [0.4, 0.5) is 13.2 Å². The molecule has 36 heavy (non-hydrogen) atoms. The first-order valence-corrected chi connectivity index (χ1v) is 12.2. The van der Waals surface area contributed by atoms with E-state index in [0.717, 1.165) is 30.7 Å². The van der Waals surface area contributed by atoms with Gasteiger partial charge >= 0.3 is 0 Å². The summed E-state index contributed by atoms with van der Waals surface area (Å²) >= 11 is 0. The maximum Gasteiger partial charge on any atom is 0.210 e. The number of aromatic nitrogens is 4. The molecule has 182 valence electrons. The minimum Gasteiger partial charge on any atom is -0.452 e. The van der Waals surface area contributed by atoms with Gasteiger partial charge in [-0.2, -0.15) is 4.39 Å². The van der Waals surface area contributed by atoms with Gasteiger partial charge in [0.15, 0.2) is 49.6 Å². The van der Waals surface area contributed by atoms with Crippen molar-refractivity contribution >= 4 is 20.9 Å². The fourth-order valence-corrected chi connectivity index (χ4v) is 3.88. The zero-order chi connectivity index (χ0) is 25.4. The van der Waals surface area contributed by atoms with Crippen LogP contribution >= 0.6 is 0 Å². The molecular formula is C24H15F3N4O4S. The SMILES string of the molecule is CS(=O)(=O)c1ccc(Oc2cc3[nH]c(-c4ccccn4)nc3c(Oc3c(F)cccc3F)c2F)cn1. The summed E-state index contributed by atoms with van der Waals surface area (Å²) < 4.78 is 78.5. The Morgan fingerprint density at radius 3 is 2.31 bits per heavy atom. The van der Waals surface area contributed by atoms with E-state index in [1.54, 1.807) is 18.2 Å². The van der Waals surface area contributed by atoms with Crippen molar-refractivity contribution in [2.24, 2.45) is 0 Å². The van der Waals surface area contributed by atoms with E-state index in [0.29, 0.717) is 5.69 Å². The molecule has 0 spiro atoms. The molecule has 0 aliphatic carbocycles. The maximum absolute atomic E-state index is 15.6. The number of hydrogen-bond acceptors (Lipinski definition) is 7. The van der Waals surface area contributed by atoms with Crippen LogP contribution in [0.2, 0.25) is 0 Å². The molecule has 5 aromatic rings. The van der Waals surface area contributed by atoms with Crippen LogP contribution in [0, 0.1) is 17.5 Å². The molecule has 0 fully saturated rings. The van der Waals surface area contributed by atoms with Crippen LogP contribution in [-0.2, 0) is 9.84 Å². The lowest BCUT2D eigenvalue weighted by Gasteiger charge is -2.13. The number of sulfone groups is 1. The third-order valence-corrected chi connectivity index (χ3v) is 5.99. The summed E-state index contributed by atoms with van der Waals surface area (Å²) in [6.07, 6.45) is 3.63. The number of H-pyrrole nitrogens is 1. The number of para-hydroxylation sites is 1. The van der Waals surface area contributed by atoms with Crippen molar-refractivity contribution < 1.29 is 31.1 Å². The number of rotatable bonds is 6. The number of hydrogen-bond donors (Lipinski definition) is 1. The largest absolute Gasteiger partial charge is 0.452 e. The molecule has 8 nitrogen and oxygen atoms in total. The fraction of sp³-hybridized carbons (Fsp3) is 0.0417. The number of imidazole rings is 1. The van der Waals surface area contributed by atoms with Crippen molar-refractivity contribution in [3.8, 4) is 34.5 Å². The third-order valence-electron chi connectivity index (χ3n) is 4.99. The van der Waals surface area contributed by atoms with Gasteiger partial charge in [-0.1, -0.05) is 12.1 Å². The van der Waals surface area contributed by atoms with E-state index < -0.39 is 38.8 Å². The first kappa shape index (κ1) is 23.3. The highest BCUT2D eigenvalue weighted by Crippen LogP contribution is 2.40. The lowest BCUT2D eigenvalue weighted by molar-refractivity contribution is 0.375. The zero-order valence-electron chi connectivity index (χ0n) is 18.4. The Hall–Kier alpha value is -4.45. The van der Waals surface area contributed by atoms with Crippen molar-refractivity contribution in [3.05, 3.63) is 84.4 Å². The molecule has 1 N–H and O–H groups in total. The lowest BCUT2D eigenvalue weighted by Crippen LogP contribution is -2.01. The molecule has 3 aromatic heterocycles. The number of nitrogens with one attached hydrogen (secondary N) is 1. The first-order valence-electron chi connectivity index (χ1n) is 10.3. The Morgan fingerprint density at radius 2 is 1.67 bits per heavy atom. The van der Waals surface area contributed by atoms with Crippen molar-refractivity contribution in [3.63, 3.8) is 0 Å². The Labute approximate surface area is 202 Å². The number of ether oxygens (including phenoxy) is 2. The van der Waals surface area contributed by atoms with E-state index in [2.05, 4.69) is 19.9 Å². The van der Waals surface area contributed by atoms with E-state index in [-0.39, 0.29) is 33.4 Å². The summed E-state index contributed by atoms with van der Waals surface area (Å²) in [7, 11) is -3.55. The molecule has 5 rings (SSSR count). The van der Waals surface area contributed by atoms with Crippen LogP contribution < -0.4 is 9.47 Å².